The largest absolute Gasteiger partial charge is 0.550 e. The first kappa shape index (κ1) is 18.0. The molecule has 0 aliphatic carbocycles. The van der Waals surface area contributed by atoms with Crippen LogP contribution in [0, 0.1) is 0 Å². The number of benzene rings is 1. The predicted molar refractivity (Wildman–Crippen MR) is 72.7 cm³/mol. The Morgan fingerprint density at radius 3 is 2.25 bits per heavy atom. The maximum absolute atomic E-state index is 10.0. The first-order valence-electron chi connectivity index (χ1n) is 5.97. The van der Waals surface area contributed by atoms with Crippen LogP contribution in [0.4, 0.5) is 5.69 Å². The van der Waals surface area contributed by atoms with Gasteiger partial charge >= 0.3 is 0 Å². The summed E-state index contributed by atoms with van der Waals surface area (Å²) in [6, 6.07) is 4.44. The van der Waals surface area contributed by atoms with E-state index in [9.17, 15) is 9.90 Å². The lowest BCUT2D eigenvalue weighted by Gasteiger charge is -2.26. The number of quaternary nitrogens is 1. The molecule has 0 aliphatic heterocycles. The summed E-state index contributed by atoms with van der Waals surface area (Å²) in [5.74, 6) is -1.64. The summed E-state index contributed by atoms with van der Waals surface area (Å²) in [7, 11) is 5.66. The molecule has 5 N–H and O–H groups in total. The number of carbonyl (C=O) groups is 1. The second kappa shape index (κ2) is 7.56. The molecular formula is C13H22N2O5. The van der Waals surface area contributed by atoms with E-state index in [4.69, 9.17) is 21.1 Å². The van der Waals surface area contributed by atoms with Gasteiger partial charge in [-0.15, -0.1) is 0 Å². The number of aliphatic hydroxyl groups is 1. The quantitative estimate of drug-likeness (QED) is 0.315. The van der Waals surface area contributed by atoms with Crippen LogP contribution >= 0.6 is 0 Å². The van der Waals surface area contributed by atoms with Crippen molar-refractivity contribution < 1.29 is 29.7 Å². The van der Waals surface area contributed by atoms with E-state index in [1.807, 2.05) is 21.1 Å². The van der Waals surface area contributed by atoms with Crippen molar-refractivity contribution in [1.29, 1.82) is 0 Å². The van der Waals surface area contributed by atoms with Gasteiger partial charge in [0.25, 0.3) is 0 Å². The van der Waals surface area contributed by atoms with Crippen LogP contribution in [0.15, 0.2) is 18.2 Å². The first-order valence-corrected chi connectivity index (χ1v) is 5.97. The van der Waals surface area contributed by atoms with Crippen LogP contribution < -0.4 is 10.8 Å². The van der Waals surface area contributed by atoms with E-state index in [1.54, 1.807) is 6.07 Å². The zero-order valence-corrected chi connectivity index (χ0v) is 11.9. The van der Waals surface area contributed by atoms with Crippen molar-refractivity contribution in [2.75, 3.05) is 33.4 Å². The topological polar surface area (TPSA) is 127 Å². The van der Waals surface area contributed by atoms with Crippen molar-refractivity contribution in [3.05, 3.63) is 18.2 Å². The highest BCUT2D eigenvalue weighted by Gasteiger charge is 2.14. The third kappa shape index (κ3) is 8.17. The van der Waals surface area contributed by atoms with Gasteiger partial charge in [-0.1, -0.05) is 6.07 Å². The van der Waals surface area contributed by atoms with Crippen molar-refractivity contribution in [3.8, 4) is 11.5 Å². The number of para-hydroxylation sites is 1. The van der Waals surface area contributed by atoms with Crippen LogP contribution in [0.25, 0.3) is 0 Å². The number of aromatic hydroxyl groups is 2. The molecule has 7 heteroatoms. The number of carboxylic acid groups (broad SMARTS) is 1. The molecule has 1 atom stereocenters. The molecule has 0 saturated carbocycles. The van der Waals surface area contributed by atoms with E-state index >= 15 is 0 Å². The highest BCUT2D eigenvalue weighted by atomic mass is 16.4. The Labute approximate surface area is 118 Å². The number of nitrogens with zero attached hydrogens (tertiary/aromatic N) is 1. The Hall–Kier alpha value is -1.99. The van der Waals surface area contributed by atoms with Gasteiger partial charge in [0, 0.05) is 12.4 Å². The monoisotopic (exact) mass is 286 g/mol. The number of hydrogen-bond acceptors (Lipinski definition) is 6. The van der Waals surface area contributed by atoms with Gasteiger partial charge < -0.3 is 35.4 Å². The van der Waals surface area contributed by atoms with Gasteiger partial charge in [0.2, 0.25) is 0 Å². The molecule has 1 unspecified atom stereocenters. The standard InChI is InChI=1S/C7H15NO3.C6H7NO2/c1-8(2,3)5-6(9)4-7(10)11;7-4-2-1-3-5(8)6(4)9/h6,9H,4-5H2,1-3H3;1-3,8-9H,7H2. The van der Waals surface area contributed by atoms with Gasteiger partial charge in [-0.25, -0.2) is 0 Å². The van der Waals surface area contributed by atoms with E-state index in [0.29, 0.717) is 11.0 Å². The molecule has 0 aliphatic rings. The van der Waals surface area contributed by atoms with Crippen molar-refractivity contribution in [2.45, 2.75) is 12.5 Å². The van der Waals surface area contributed by atoms with Gasteiger partial charge in [0.15, 0.2) is 11.5 Å². The summed E-state index contributed by atoms with van der Waals surface area (Å²) in [4.78, 5) is 10.0. The Morgan fingerprint density at radius 1 is 1.35 bits per heavy atom. The number of aliphatic hydroxyl groups excluding tert-OH is 1. The molecule has 7 nitrogen and oxygen atoms in total. The fraction of sp³-hybridized carbons (Fsp3) is 0.462. The summed E-state index contributed by atoms with van der Waals surface area (Å²) in [5, 5.41) is 36.7. The molecular weight excluding hydrogens is 264 g/mol. The van der Waals surface area contributed by atoms with E-state index in [0.717, 1.165) is 0 Å². The van der Waals surface area contributed by atoms with E-state index < -0.39 is 12.1 Å². The average molecular weight is 286 g/mol. The van der Waals surface area contributed by atoms with Gasteiger partial charge in [-0.3, -0.25) is 0 Å². The fourth-order valence-corrected chi connectivity index (χ4v) is 1.44. The minimum Gasteiger partial charge on any atom is -0.550 e. The minimum absolute atomic E-state index is 0.185. The zero-order valence-electron chi connectivity index (χ0n) is 11.9. The maximum Gasteiger partial charge on any atom is 0.180 e. The molecule has 0 radical (unpaired) electrons. The number of carboxylic acids is 1. The Bertz CT molecular complexity index is 423. The number of carbonyl (C=O) groups excluding carboxylic acids is 1. The molecule has 0 fully saturated rings. The second-order valence-electron chi connectivity index (χ2n) is 5.42. The molecule has 1 aromatic carbocycles. The number of hydrogen-bond donors (Lipinski definition) is 4. The van der Waals surface area contributed by atoms with Crippen LogP contribution in [0.3, 0.4) is 0 Å². The summed E-state index contributed by atoms with van der Waals surface area (Å²) in [6.07, 6.45) is -1.09. The lowest BCUT2D eigenvalue weighted by molar-refractivity contribution is -0.873. The molecule has 0 amide bonds. The number of nitrogens with two attached hydrogens (primary N) is 1. The fourth-order valence-electron chi connectivity index (χ4n) is 1.44. The highest BCUT2D eigenvalue weighted by Crippen LogP contribution is 2.29. The lowest BCUT2D eigenvalue weighted by atomic mass is 10.2. The number of rotatable bonds is 4. The molecule has 20 heavy (non-hydrogen) atoms. The SMILES string of the molecule is C[N+](C)(C)CC(O)CC(=O)[O-].Nc1cccc(O)c1O. The van der Waals surface area contributed by atoms with Gasteiger partial charge in [0.05, 0.1) is 26.8 Å². The van der Waals surface area contributed by atoms with Crippen LogP contribution in [-0.2, 0) is 4.79 Å². The average Bonchev–Trinajstić information content (AvgIpc) is 2.22. The second-order valence-corrected chi connectivity index (χ2v) is 5.42. The Kier molecular flexibility index (Phi) is 6.81. The van der Waals surface area contributed by atoms with Crippen molar-refractivity contribution in [1.82, 2.24) is 0 Å². The summed E-state index contributed by atoms with van der Waals surface area (Å²) in [5.41, 5.74) is 5.40. The van der Waals surface area contributed by atoms with Crippen LogP contribution in [0.1, 0.15) is 6.42 Å². The first-order chi connectivity index (χ1) is 9.03. The van der Waals surface area contributed by atoms with Crippen LogP contribution in [0.2, 0.25) is 0 Å². The van der Waals surface area contributed by atoms with Crippen molar-refractivity contribution in [2.24, 2.45) is 0 Å². The number of aliphatic carboxylic acids is 1. The number of phenols is 2. The van der Waals surface area contributed by atoms with E-state index in [1.165, 1.54) is 12.1 Å². The zero-order chi connectivity index (χ0) is 15.9. The molecule has 0 bridgehead atoms. The smallest absolute Gasteiger partial charge is 0.180 e. The number of nitrogen functional groups attached to an aromatic ring is 1. The minimum atomic E-state index is -1.20. The number of anilines is 1. The summed E-state index contributed by atoms with van der Waals surface area (Å²) < 4.78 is 0.550. The van der Waals surface area contributed by atoms with Gasteiger partial charge in [-0.2, -0.15) is 0 Å². The Morgan fingerprint density at radius 2 is 1.90 bits per heavy atom. The summed E-state index contributed by atoms with van der Waals surface area (Å²) in [6.45, 7) is 0.425. The highest BCUT2D eigenvalue weighted by molar-refractivity contribution is 5.64. The molecule has 0 saturated heterocycles. The maximum atomic E-state index is 10.0. The molecule has 0 heterocycles. The van der Waals surface area contributed by atoms with Crippen molar-refractivity contribution >= 4 is 11.7 Å². The van der Waals surface area contributed by atoms with Crippen molar-refractivity contribution in [3.63, 3.8) is 0 Å². The van der Waals surface area contributed by atoms with Gasteiger partial charge in [-0.05, 0) is 12.1 Å². The lowest BCUT2D eigenvalue weighted by Crippen LogP contribution is -2.43. The molecule has 0 spiro atoms. The Balaban J connectivity index is 0.000000367. The van der Waals surface area contributed by atoms with E-state index in [2.05, 4.69) is 0 Å². The molecule has 1 aromatic rings. The van der Waals surface area contributed by atoms with Crippen LogP contribution in [-0.4, -0.2) is 59.6 Å². The van der Waals surface area contributed by atoms with E-state index in [-0.39, 0.29) is 23.6 Å². The molecule has 114 valence electrons. The third-order valence-corrected chi connectivity index (χ3v) is 2.21. The van der Waals surface area contributed by atoms with Crippen LogP contribution in [0.5, 0.6) is 11.5 Å². The predicted octanol–water partition coefficient (Wildman–Crippen LogP) is -1.13. The normalized spacial score (nSPS) is 12.2. The number of likely N-dealkylation sites (N-methyl/N-ethyl adjacent to an activating group) is 1. The molecule has 1 rings (SSSR count). The summed E-state index contributed by atoms with van der Waals surface area (Å²) >= 11 is 0. The number of phenolic OH excluding ortho intramolecular Hbond substituents is 2. The molecule has 0 aromatic heterocycles. The van der Waals surface area contributed by atoms with Gasteiger partial charge in [0.1, 0.15) is 12.6 Å². The third-order valence-electron chi connectivity index (χ3n) is 2.21.